The van der Waals surface area contributed by atoms with Crippen molar-refractivity contribution in [3.8, 4) is 5.75 Å². The van der Waals surface area contributed by atoms with Crippen molar-refractivity contribution in [3.05, 3.63) is 59.1 Å². The molecule has 0 aliphatic carbocycles. The van der Waals surface area contributed by atoms with Gasteiger partial charge in [0.25, 0.3) is 0 Å². The van der Waals surface area contributed by atoms with E-state index in [0.29, 0.717) is 17.3 Å². The fraction of sp³-hybridized carbons (Fsp3) is 0.350. The molecule has 0 fully saturated rings. The Bertz CT molecular complexity index is 899. The second-order valence-electron chi connectivity index (χ2n) is 6.44. The summed E-state index contributed by atoms with van der Waals surface area (Å²) in [5, 5.41) is 3.35. The summed E-state index contributed by atoms with van der Waals surface area (Å²) in [4.78, 5) is 12.8. The summed E-state index contributed by atoms with van der Waals surface area (Å²) < 4.78 is 31.1. The van der Waals surface area contributed by atoms with Gasteiger partial charge in [-0.25, -0.2) is 8.42 Å². The maximum Gasteiger partial charge on any atom is 0.244 e. The molecule has 1 N–H and O–H groups in total. The fourth-order valence-corrected chi connectivity index (χ4v) is 4.13. The van der Waals surface area contributed by atoms with E-state index in [1.165, 1.54) is 0 Å². The molecule has 1 amide bonds. The Kier molecular flexibility index (Phi) is 7.32. The predicted octanol–water partition coefficient (Wildman–Crippen LogP) is 3.77. The van der Waals surface area contributed by atoms with E-state index in [4.69, 9.17) is 16.3 Å². The van der Waals surface area contributed by atoms with Crippen molar-refractivity contribution in [2.24, 2.45) is 0 Å². The minimum absolute atomic E-state index is 0.294. The molecule has 8 heteroatoms. The van der Waals surface area contributed by atoms with Crippen LogP contribution in [0.2, 0.25) is 5.02 Å². The lowest BCUT2D eigenvalue weighted by Crippen LogP contribution is -2.48. The summed E-state index contributed by atoms with van der Waals surface area (Å²) in [5.41, 5.74) is 1.27. The van der Waals surface area contributed by atoms with E-state index in [2.05, 4.69) is 5.32 Å². The molecule has 28 heavy (non-hydrogen) atoms. The van der Waals surface area contributed by atoms with Crippen molar-refractivity contribution in [3.63, 3.8) is 0 Å². The van der Waals surface area contributed by atoms with E-state index < -0.39 is 22.0 Å². The Balaban J connectivity index is 2.17. The molecule has 152 valence electrons. The zero-order valence-electron chi connectivity index (χ0n) is 16.3. The van der Waals surface area contributed by atoms with Crippen LogP contribution in [0.5, 0.6) is 5.75 Å². The van der Waals surface area contributed by atoms with Gasteiger partial charge in [-0.2, -0.15) is 0 Å². The highest BCUT2D eigenvalue weighted by Gasteiger charge is 2.29. The number of hydrogen-bond donors (Lipinski definition) is 1. The Morgan fingerprint density at radius 2 is 1.68 bits per heavy atom. The van der Waals surface area contributed by atoms with Crippen LogP contribution in [-0.4, -0.2) is 33.2 Å². The number of anilines is 1. The predicted molar refractivity (Wildman–Crippen MR) is 112 cm³/mol. The second-order valence-corrected chi connectivity index (χ2v) is 8.74. The Hall–Kier alpha value is -2.25. The number of hydrogen-bond acceptors (Lipinski definition) is 4. The maximum atomic E-state index is 12.8. The number of amides is 1. The Labute approximate surface area is 171 Å². The van der Waals surface area contributed by atoms with Gasteiger partial charge in [-0.1, -0.05) is 23.7 Å². The standard InChI is InChI=1S/C20H25ClN2O4S/c1-5-27-19-12-6-16(7-13-19)14(2)22-20(24)15(3)23(28(4,25)26)18-10-8-17(21)9-11-18/h6-15H,5H2,1-4H3,(H,22,24). The lowest BCUT2D eigenvalue weighted by atomic mass is 10.1. The number of nitrogens with one attached hydrogen (secondary N) is 1. The maximum absolute atomic E-state index is 12.8. The normalized spacial score (nSPS) is 13.5. The van der Waals surface area contributed by atoms with Gasteiger partial charge in [0.05, 0.1) is 24.6 Å². The molecule has 2 unspecified atom stereocenters. The molecule has 0 saturated carbocycles. The molecule has 0 saturated heterocycles. The van der Waals surface area contributed by atoms with Crippen molar-refractivity contribution in [2.75, 3.05) is 17.2 Å². The van der Waals surface area contributed by atoms with Crippen LogP contribution in [0.25, 0.3) is 0 Å². The van der Waals surface area contributed by atoms with E-state index in [-0.39, 0.29) is 6.04 Å². The van der Waals surface area contributed by atoms with Gasteiger partial charge in [0.15, 0.2) is 0 Å². The molecule has 0 radical (unpaired) electrons. The molecular weight excluding hydrogens is 400 g/mol. The molecule has 2 aromatic carbocycles. The van der Waals surface area contributed by atoms with Crippen LogP contribution in [0.1, 0.15) is 32.4 Å². The number of carbonyl (C=O) groups is 1. The number of benzene rings is 2. The van der Waals surface area contributed by atoms with Gasteiger partial charge in [0.1, 0.15) is 11.8 Å². The molecule has 0 aliphatic heterocycles. The minimum Gasteiger partial charge on any atom is -0.494 e. The largest absolute Gasteiger partial charge is 0.494 e. The van der Waals surface area contributed by atoms with Crippen LogP contribution >= 0.6 is 11.6 Å². The number of nitrogens with zero attached hydrogens (tertiary/aromatic N) is 1. The van der Waals surface area contributed by atoms with Crippen LogP contribution in [0.3, 0.4) is 0 Å². The molecule has 0 spiro atoms. The van der Waals surface area contributed by atoms with Gasteiger partial charge in [-0.15, -0.1) is 0 Å². The molecule has 2 aromatic rings. The third-order valence-corrected chi connectivity index (χ3v) is 5.71. The fourth-order valence-electron chi connectivity index (χ4n) is 2.83. The summed E-state index contributed by atoms with van der Waals surface area (Å²) in [7, 11) is -3.67. The highest BCUT2D eigenvalue weighted by atomic mass is 35.5. The number of sulfonamides is 1. The van der Waals surface area contributed by atoms with Gasteiger partial charge in [0, 0.05) is 5.02 Å². The quantitative estimate of drug-likeness (QED) is 0.699. The second kappa shape index (κ2) is 9.30. The first-order valence-corrected chi connectivity index (χ1v) is 11.1. The van der Waals surface area contributed by atoms with Gasteiger partial charge in [0.2, 0.25) is 15.9 Å². The lowest BCUT2D eigenvalue weighted by Gasteiger charge is -2.29. The molecular formula is C20H25ClN2O4S. The molecule has 0 aliphatic rings. The van der Waals surface area contributed by atoms with Crippen molar-refractivity contribution in [1.29, 1.82) is 0 Å². The van der Waals surface area contributed by atoms with Crippen molar-refractivity contribution < 1.29 is 17.9 Å². The van der Waals surface area contributed by atoms with Crippen LogP contribution in [-0.2, 0) is 14.8 Å². The van der Waals surface area contributed by atoms with Crippen LogP contribution in [0.4, 0.5) is 5.69 Å². The first-order chi connectivity index (χ1) is 13.1. The summed E-state index contributed by atoms with van der Waals surface area (Å²) in [6, 6.07) is 12.5. The lowest BCUT2D eigenvalue weighted by molar-refractivity contribution is -0.122. The van der Waals surface area contributed by atoms with Crippen LogP contribution < -0.4 is 14.4 Å². The third-order valence-electron chi connectivity index (χ3n) is 4.22. The van der Waals surface area contributed by atoms with Crippen LogP contribution in [0, 0.1) is 0 Å². The molecule has 2 atom stereocenters. The molecule has 2 rings (SSSR count). The van der Waals surface area contributed by atoms with E-state index in [1.807, 2.05) is 38.1 Å². The summed E-state index contributed by atoms with van der Waals surface area (Å²) in [6.07, 6.45) is 1.07. The van der Waals surface area contributed by atoms with Crippen molar-refractivity contribution in [1.82, 2.24) is 5.32 Å². The number of carbonyl (C=O) groups excluding carboxylic acids is 1. The summed E-state index contributed by atoms with van der Waals surface area (Å²) in [6.45, 7) is 5.88. The average molecular weight is 425 g/mol. The molecule has 0 heterocycles. The van der Waals surface area contributed by atoms with Crippen molar-refractivity contribution >= 4 is 33.2 Å². The summed E-state index contributed by atoms with van der Waals surface area (Å²) >= 11 is 5.88. The first-order valence-electron chi connectivity index (χ1n) is 8.91. The van der Waals surface area contributed by atoms with Gasteiger partial charge < -0.3 is 10.1 Å². The van der Waals surface area contributed by atoms with Gasteiger partial charge >= 0.3 is 0 Å². The zero-order valence-corrected chi connectivity index (χ0v) is 17.9. The van der Waals surface area contributed by atoms with Gasteiger partial charge in [-0.3, -0.25) is 9.10 Å². The molecule has 0 aromatic heterocycles. The molecule has 6 nitrogen and oxygen atoms in total. The zero-order chi connectivity index (χ0) is 20.9. The van der Waals surface area contributed by atoms with E-state index >= 15 is 0 Å². The van der Waals surface area contributed by atoms with Crippen molar-refractivity contribution in [2.45, 2.75) is 32.9 Å². The first kappa shape index (κ1) is 22.0. The number of ether oxygens (including phenoxy) is 1. The minimum atomic E-state index is -3.67. The molecule has 0 bridgehead atoms. The van der Waals surface area contributed by atoms with Gasteiger partial charge in [-0.05, 0) is 62.7 Å². The monoisotopic (exact) mass is 424 g/mol. The summed E-state index contributed by atoms with van der Waals surface area (Å²) in [5.74, 6) is 0.353. The SMILES string of the molecule is CCOc1ccc(C(C)NC(=O)C(C)N(c2ccc(Cl)cc2)S(C)(=O)=O)cc1. The van der Waals surface area contributed by atoms with E-state index in [1.54, 1.807) is 31.2 Å². The van der Waals surface area contributed by atoms with E-state index in [9.17, 15) is 13.2 Å². The highest BCUT2D eigenvalue weighted by Crippen LogP contribution is 2.24. The Morgan fingerprint density at radius 1 is 1.11 bits per heavy atom. The smallest absolute Gasteiger partial charge is 0.244 e. The topological polar surface area (TPSA) is 75.7 Å². The number of halogens is 1. The third kappa shape index (κ3) is 5.62. The van der Waals surface area contributed by atoms with E-state index in [0.717, 1.165) is 21.9 Å². The average Bonchev–Trinajstić information content (AvgIpc) is 2.63. The Morgan fingerprint density at radius 3 is 2.18 bits per heavy atom. The number of rotatable bonds is 8. The highest BCUT2D eigenvalue weighted by molar-refractivity contribution is 7.92. The van der Waals surface area contributed by atoms with Crippen LogP contribution in [0.15, 0.2) is 48.5 Å².